The van der Waals surface area contributed by atoms with Crippen molar-refractivity contribution in [2.24, 2.45) is 0 Å². The topological polar surface area (TPSA) is 71.4 Å². The third-order valence-corrected chi connectivity index (χ3v) is 4.04. The predicted molar refractivity (Wildman–Crippen MR) is 71.7 cm³/mol. The van der Waals surface area contributed by atoms with Gasteiger partial charge in [-0.15, -0.1) is 5.19 Å². The Morgan fingerprint density at radius 2 is 0.952 bits per heavy atom. The van der Waals surface area contributed by atoms with E-state index < -0.39 is 25.6 Å². The minimum atomic E-state index is -5.16. The van der Waals surface area contributed by atoms with Crippen molar-refractivity contribution >= 4 is 14.0 Å². The predicted octanol–water partition coefficient (Wildman–Crippen LogP) is 4.05. The number of hydrogen-bond acceptors (Lipinski definition) is 0. The maximum absolute atomic E-state index is 12.1. The van der Waals surface area contributed by atoms with Gasteiger partial charge >= 0.3 is 37.4 Å². The van der Waals surface area contributed by atoms with Crippen LogP contribution in [0.5, 0.6) is 0 Å². The van der Waals surface area contributed by atoms with Crippen LogP contribution < -0.4 is 5.19 Å². The minimum absolute atomic E-state index is 0. The van der Waals surface area contributed by atoms with E-state index in [-0.39, 0.29) is 25.8 Å². The molecule has 3 N–H and O–H groups in total. The molecule has 0 radical (unpaired) electrons. The normalized spacial score (nSPS) is 9.95. The van der Waals surface area contributed by atoms with Gasteiger partial charge in [-0.3, -0.25) is 0 Å². The molecular formula is C10H17F6HfN3Si. The molecule has 21 heavy (non-hydrogen) atoms. The Morgan fingerprint density at radius 3 is 1.14 bits per heavy atom. The summed E-state index contributed by atoms with van der Waals surface area (Å²) < 4.78 is 72.7. The van der Waals surface area contributed by atoms with Crippen LogP contribution in [-0.2, 0) is 25.8 Å². The summed E-state index contributed by atoms with van der Waals surface area (Å²) in [5.74, 6) is -10.3. The summed E-state index contributed by atoms with van der Waals surface area (Å²) in [6.45, 7) is 0. The number of rotatable bonds is 1. The molecule has 0 aliphatic rings. The van der Waals surface area contributed by atoms with Crippen molar-refractivity contribution in [3.05, 3.63) is 41.5 Å². The minimum Gasteiger partial charge on any atom is -0.680 e. The van der Waals surface area contributed by atoms with Gasteiger partial charge in [0.2, 0.25) is 0 Å². The molecule has 0 unspecified atom stereocenters. The summed E-state index contributed by atoms with van der Waals surface area (Å²) >= 11 is 0. The van der Waals surface area contributed by atoms with Crippen LogP contribution in [0.2, 0.25) is 0 Å². The summed E-state index contributed by atoms with van der Waals surface area (Å²) in [4.78, 5) is 0. The van der Waals surface area contributed by atoms with E-state index in [0.717, 1.165) is 12.1 Å². The van der Waals surface area contributed by atoms with E-state index in [1.165, 1.54) is 33.3 Å². The van der Waals surface area contributed by atoms with Crippen LogP contribution >= 0.6 is 0 Å². The molecule has 0 aromatic heterocycles. The van der Waals surface area contributed by atoms with E-state index in [1.54, 1.807) is 0 Å². The molecule has 0 saturated heterocycles. The third kappa shape index (κ3) is 12.2. The number of nitrogens with one attached hydrogen (secondary N) is 3. The molecule has 0 aliphatic carbocycles. The molecule has 0 amide bonds. The second-order valence-electron chi connectivity index (χ2n) is 2.73. The van der Waals surface area contributed by atoms with Crippen LogP contribution in [-0.4, -0.2) is 41.5 Å². The fraction of sp³-hybridized carbons (Fsp3) is 0.500. The van der Waals surface area contributed by atoms with E-state index in [0.29, 0.717) is 0 Å². The Balaban J connectivity index is -0.000000183. The van der Waals surface area contributed by atoms with Crippen LogP contribution in [0, 0.1) is 0 Å². The average Bonchev–Trinajstić information content (AvgIpc) is 2.86. The van der Waals surface area contributed by atoms with E-state index in [2.05, 4.69) is 0 Å². The summed E-state index contributed by atoms with van der Waals surface area (Å²) in [5, 5.41) is -0.634. The molecule has 0 bridgehead atoms. The molecule has 0 atom stereocenters. The zero-order valence-corrected chi connectivity index (χ0v) is 16.4. The first-order valence-corrected chi connectivity index (χ1v) is 6.81. The van der Waals surface area contributed by atoms with Crippen LogP contribution in [0.4, 0.5) is 26.3 Å². The zero-order chi connectivity index (χ0) is 17.0. The fourth-order valence-corrected chi connectivity index (χ4v) is 2.88. The van der Waals surface area contributed by atoms with Crippen molar-refractivity contribution in [1.82, 2.24) is 0 Å². The summed E-state index contributed by atoms with van der Waals surface area (Å²) in [6.07, 6.45) is 0. The van der Waals surface area contributed by atoms with E-state index in [9.17, 15) is 26.3 Å². The Morgan fingerprint density at radius 1 is 0.714 bits per heavy atom. The monoisotopic (exact) mass is 501 g/mol. The molecule has 0 fully saturated rings. The molecule has 11 heteroatoms. The fourth-order valence-electron chi connectivity index (χ4n) is 1.14. The first kappa shape index (κ1) is 29.0. The number of hydrogen-bond donors (Lipinski definition) is 0. The van der Waals surface area contributed by atoms with E-state index in [4.69, 9.17) is 17.2 Å². The van der Waals surface area contributed by atoms with Crippen molar-refractivity contribution in [2.75, 3.05) is 21.1 Å². The first-order valence-electron chi connectivity index (χ1n) is 5.08. The van der Waals surface area contributed by atoms with Gasteiger partial charge in [-0.25, -0.2) is 12.1 Å². The zero-order valence-electron chi connectivity index (χ0n) is 11.7. The van der Waals surface area contributed by atoms with Gasteiger partial charge in [-0.2, -0.15) is 59.6 Å². The van der Waals surface area contributed by atoms with Crippen LogP contribution in [0.25, 0.3) is 17.2 Å². The average molecular weight is 500 g/mol. The van der Waals surface area contributed by atoms with E-state index >= 15 is 0 Å². The van der Waals surface area contributed by atoms with Crippen molar-refractivity contribution in [3.63, 3.8) is 0 Å². The largest absolute Gasteiger partial charge is 4.00 e. The third-order valence-electron chi connectivity index (χ3n) is 1.68. The molecule has 0 saturated carbocycles. The van der Waals surface area contributed by atoms with E-state index in [1.807, 2.05) is 0 Å². The molecule has 1 aromatic rings. The molecular weight excluding hydrogens is 483 g/mol. The van der Waals surface area contributed by atoms with Gasteiger partial charge in [0.05, 0.1) is 0 Å². The van der Waals surface area contributed by atoms with Gasteiger partial charge in [-0.05, 0) is 0 Å². The van der Waals surface area contributed by atoms with Crippen molar-refractivity contribution in [1.29, 1.82) is 0 Å². The molecule has 1 rings (SSSR count). The molecule has 0 spiro atoms. The second-order valence-corrected chi connectivity index (χ2v) is 5.58. The van der Waals surface area contributed by atoms with Gasteiger partial charge in [0, 0.05) is 0 Å². The van der Waals surface area contributed by atoms with Crippen molar-refractivity contribution in [2.45, 2.75) is 11.6 Å². The van der Waals surface area contributed by atoms with Crippen molar-refractivity contribution < 1.29 is 52.2 Å². The van der Waals surface area contributed by atoms with Gasteiger partial charge in [0.15, 0.2) is 0 Å². The Bertz CT molecular complexity index is 289. The molecule has 3 nitrogen and oxygen atoms in total. The molecule has 0 heterocycles. The smallest absolute Gasteiger partial charge is 0.680 e. The molecule has 0 aliphatic heterocycles. The number of alkyl halides is 6. The standard InChI is InChI=1S/C7H5F6Si.3CH4N.Hf/c8-6(9,10)14(7(11,12)13)5-3-1-2-4-5;3*1-2;/h1-4,14H;3*2H,1H3;/q4*-1;+4. The molecule has 122 valence electrons. The van der Waals surface area contributed by atoms with Crippen molar-refractivity contribution in [3.8, 4) is 0 Å². The quantitative estimate of drug-likeness (QED) is 0.318. The van der Waals surface area contributed by atoms with Crippen LogP contribution in [0.3, 0.4) is 0 Å². The SMILES string of the molecule is C[NH-].C[NH-].C[NH-].FC(F)(F)[SiH]([c-]1cccc1)C(F)(F)F.[Hf+4]. The number of halogens is 6. The van der Waals surface area contributed by atoms with Gasteiger partial charge in [-0.1, -0.05) is 0 Å². The van der Waals surface area contributed by atoms with Crippen LogP contribution in [0.15, 0.2) is 24.3 Å². The first-order chi connectivity index (χ1) is 9.23. The van der Waals surface area contributed by atoms with Gasteiger partial charge < -0.3 is 17.2 Å². The summed E-state index contributed by atoms with van der Waals surface area (Å²) in [5.41, 5.74) is 17.2. The van der Waals surface area contributed by atoms with Crippen LogP contribution in [0.1, 0.15) is 0 Å². The Labute approximate surface area is 140 Å². The summed E-state index contributed by atoms with van der Waals surface area (Å²) in [6, 6.07) is 4.09. The Kier molecular flexibility index (Phi) is 20.4. The summed E-state index contributed by atoms with van der Waals surface area (Å²) in [7, 11) is -1.17. The second kappa shape index (κ2) is 14.8. The van der Waals surface area contributed by atoms with Gasteiger partial charge in [0.1, 0.15) is 0 Å². The molecule has 1 aromatic carbocycles. The maximum Gasteiger partial charge on any atom is 4.00 e. The van der Waals surface area contributed by atoms with Gasteiger partial charge in [0.25, 0.3) is 8.80 Å². The Hall–Kier alpha value is -0.103. The maximum atomic E-state index is 12.1.